The van der Waals surface area contributed by atoms with E-state index in [0.717, 1.165) is 6.54 Å². The van der Waals surface area contributed by atoms with Gasteiger partial charge < -0.3 is 10.6 Å². The van der Waals surface area contributed by atoms with E-state index in [-0.39, 0.29) is 0 Å². The van der Waals surface area contributed by atoms with Gasteiger partial charge >= 0.3 is 0 Å². The van der Waals surface area contributed by atoms with Gasteiger partial charge in [-0.1, -0.05) is 39.5 Å². The van der Waals surface area contributed by atoms with Gasteiger partial charge in [0.25, 0.3) is 0 Å². The molecule has 0 radical (unpaired) electrons. The summed E-state index contributed by atoms with van der Waals surface area (Å²) in [5.41, 5.74) is 6.21. The SMILES string of the molecule is CC[C@H](C)[C@@H](N)CN1CCCCCCC1. The number of hydrogen-bond acceptors (Lipinski definition) is 2. The molecule has 2 nitrogen and oxygen atoms in total. The average Bonchev–Trinajstić information content (AvgIpc) is 2.20. The Morgan fingerprint density at radius 1 is 1.07 bits per heavy atom. The van der Waals surface area contributed by atoms with Crippen LogP contribution < -0.4 is 5.73 Å². The van der Waals surface area contributed by atoms with Crippen molar-refractivity contribution in [2.24, 2.45) is 11.7 Å². The first kappa shape index (κ1) is 13.0. The molecule has 1 saturated heterocycles. The molecule has 0 unspecified atom stereocenters. The third-order valence-corrected chi connectivity index (χ3v) is 3.79. The monoisotopic (exact) mass is 212 g/mol. The Morgan fingerprint density at radius 2 is 1.60 bits per heavy atom. The zero-order chi connectivity index (χ0) is 11.1. The van der Waals surface area contributed by atoms with E-state index in [2.05, 4.69) is 18.7 Å². The summed E-state index contributed by atoms with van der Waals surface area (Å²) in [6.45, 7) is 8.15. The molecule has 0 spiro atoms. The van der Waals surface area contributed by atoms with Gasteiger partial charge in [-0.25, -0.2) is 0 Å². The van der Waals surface area contributed by atoms with Crippen molar-refractivity contribution in [1.82, 2.24) is 4.90 Å². The molecule has 0 amide bonds. The average molecular weight is 212 g/mol. The number of nitrogens with two attached hydrogens (primary N) is 1. The standard InChI is InChI=1S/C13H28N2/c1-3-12(2)13(14)11-15-9-7-5-4-6-8-10-15/h12-13H,3-11,14H2,1-2H3/t12-,13-/m0/s1. The van der Waals surface area contributed by atoms with Crippen molar-refractivity contribution in [3.05, 3.63) is 0 Å². The number of rotatable bonds is 4. The van der Waals surface area contributed by atoms with Crippen molar-refractivity contribution in [3.8, 4) is 0 Å². The van der Waals surface area contributed by atoms with Gasteiger partial charge in [-0.05, 0) is 31.8 Å². The van der Waals surface area contributed by atoms with Gasteiger partial charge in [-0.3, -0.25) is 0 Å². The van der Waals surface area contributed by atoms with E-state index in [1.165, 1.54) is 51.6 Å². The van der Waals surface area contributed by atoms with E-state index in [1.54, 1.807) is 0 Å². The maximum Gasteiger partial charge on any atom is 0.0193 e. The van der Waals surface area contributed by atoms with Gasteiger partial charge in [0, 0.05) is 12.6 Å². The fraction of sp³-hybridized carbons (Fsp3) is 1.00. The molecule has 2 heteroatoms. The minimum Gasteiger partial charge on any atom is -0.326 e. The van der Waals surface area contributed by atoms with Crippen molar-refractivity contribution >= 4 is 0 Å². The molecular formula is C13H28N2. The Morgan fingerprint density at radius 3 is 2.13 bits per heavy atom. The van der Waals surface area contributed by atoms with Crippen LogP contribution in [0.5, 0.6) is 0 Å². The second-order valence-electron chi connectivity index (χ2n) is 5.12. The summed E-state index contributed by atoms with van der Waals surface area (Å²) in [5, 5.41) is 0. The predicted molar refractivity (Wildman–Crippen MR) is 67.0 cm³/mol. The molecule has 1 rings (SSSR count). The van der Waals surface area contributed by atoms with Crippen LogP contribution in [0.2, 0.25) is 0 Å². The first-order valence-electron chi connectivity index (χ1n) is 6.72. The van der Waals surface area contributed by atoms with Gasteiger partial charge in [0.2, 0.25) is 0 Å². The van der Waals surface area contributed by atoms with Crippen molar-refractivity contribution < 1.29 is 0 Å². The Labute approximate surface area is 95.2 Å². The van der Waals surface area contributed by atoms with Gasteiger partial charge in [0.1, 0.15) is 0 Å². The van der Waals surface area contributed by atoms with Gasteiger partial charge in [-0.15, -0.1) is 0 Å². The molecular weight excluding hydrogens is 184 g/mol. The summed E-state index contributed by atoms with van der Waals surface area (Å²) in [6.07, 6.45) is 8.20. The summed E-state index contributed by atoms with van der Waals surface area (Å²) in [6, 6.07) is 0.370. The summed E-state index contributed by atoms with van der Waals surface area (Å²) < 4.78 is 0. The van der Waals surface area contributed by atoms with Crippen LogP contribution in [-0.2, 0) is 0 Å². The smallest absolute Gasteiger partial charge is 0.0193 e. The van der Waals surface area contributed by atoms with Crippen molar-refractivity contribution in [1.29, 1.82) is 0 Å². The molecule has 15 heavy (non-hydrogen) atoms. The fourth-order valence-electron chi connectivity index (χ4n) is 2.28. The van der Waals surface area contributed by atoms with Crippen LogP contribution in [0.25, 0.3) is 0 Å². The third-order valence-electron chi connectivity index (χ3n) is 3.79. The maximum atomic E-state index is 6.21. The highest BCUT2D eigenvalue weighted by molar-refractivity contribution is 4.74. The minimum absolute atomic E-state index is 0.370. The van der Waals surface area contributed by atoms with Crippen LogP contribution in [0.15, 0.2) is 0 Å². The van der Waals surface area contributed by atoms with E-state index in [0.29, 0.717) is 12.0 Å². The third kappa shape index (κ3) is 4.98. The summed E-state index contributed by atoms with van der Waals surface area (Å²) in [4.78, 5) is 2.58. The van der Waals surface area contributed by atoms with E-state index < -0.39 is 0 Å². The molecule has 0 aliphatic carbocycles. The lowest BCUT2D eigenvalue weighted by atomic mass is 9.99. The molecule has 90 valence electrons. The molecule has 1 aliphatic heterocycles. The molecule has 0 bridgehead atoms. The van der Waals surface area contributed by atoms with E-state index >= 15 is 0 Å². The number of nitrogens with zero attached hydrogens (tertiary/aromatic N) is 1. The largest absolute Gasteiger partial charge is 0.326 e. The van der Waals surface area contributed by atoms with Crippen molar-refractivity contribution in [2.75, 3.05) is 19.6 Å². The summed E-state index contributed by atoms with van der Waals surface area (Å²) >= 11 is 0. The highest BCUT2D eigenvalue weighted by atomic mass is 15.1. The molecule has 0 saturated carbocycles. The van der Waals surface area contributed by atoms with Crippen LogP contribution in [0.3, 0.4) is 0 Å². The molecule has 1 aliphatic rings. The second kappa shape index (κ2) is 7.24. The van der Waals surface area contributed by atoms with E-state index in [1.807, 2.05) is 0 Å². The number of likely N-dealkylation sites (tertiary alicyclic amines) is 1. The topological polar surface area (TPSA) is 29.3 Å². The lowest BCUT2D eigenvalue weighted by molar-refractivity contribution is 0.214. The van der Waals surface area contributed by atoms with Crippen LogP contribution in [0.1, 0.15) is 52.4 Å². The Kier molecular flexibility index (Phi) is 6.26. The molecule has 2 atom stereocenters. The lowest BCUT2D eigenvalue weighted by Crippen LogP contribution is -2.42. The van der Waals surface area contributed by atoms with E-state index in [9.17, 15) is 0 Å². The zero-order valence-electron chi connectivity index (χ0n) is 10.5. The maximum absolute atomic E-state index is 6.21. The van der Waals surface area contributed by atoms with E-state index in [4.69, 9.17) is 5.73 Å². The zero-order valence-corrected chi connectivity index (χ0v) is 10.5. The highest BCUT2D eigenvalue weighted by Crippen LogP contribution is 2.13. The normalized spacial score (nSPS) is 24.2. The van der Waals surface area contributed by atoms with Gasteiger partial charge in [0.05, 0.1) is 0 Å². The molecule has 0 aromatic carbocycles. The van der Waals surface area contributed by atoms with Crippen molar-refractivity contribution in [2.45, 2.75) is 58.4 Å². The van der Waals surface area contributed by atoms with Crippen molar-refractivity contribution in [3.63, 3.8) is 0 Å². The first-order valence-corrected chi connectivity index (χ1v) is 6.72. The highest BCUT2D eigenvalue weighted by Gasteiger charge is 2.15. The summed E-state index contributed by atoms with van der Waals surface area (Å²) in [5.74, 6) is 0.662. The van der Waals surface area contributed by atoms with Crippen LogP contribution >= 0.6 is 0 Å². The van der Waals surface area contributed by atoms with Crippen LogP contribution in [0, 0.1) is 5.92 Å². The Hall–Kier alpha value is -0.0800. The molecule has 1 fully saturated rings. The Bertz CT molecular complexity index is 151. The first-order chi connectivity index (χ1) is 7.24. The lowest BCUT2D eigenvalue weighted by Gasteiger charge is -2.29. The molecule has 0 aromatic heterocycles. The van der Waals surface area contributed by atoms with Gasteiger partial charge in [0.15, 0.2) is 0 Å². The van der Waals surface area contributed by atoms with Gasteiger partial charge in [-0.2, -0.15) is 0 Å². The minimum atomic E-state index is 0.370. The summed E-state index contributed by atoms with van der Waals surface area (Å²) in [7, 11) is 0. The quantitative estimate of drug-likeness (QED) is 0.776. The Balaban J connectivity index is 2.27. The fourth-order valence-corrected chi connectivity index (χ4v) is 2.28. The van der Waals surface area contributed by atoms with Crippen LogP contribution in [0.4, 0.5) is 0 Å². The molecule has 1 heterocycles. The molecule has 0 aromatic rings. The predicted octanol–water partition coefficient (Wildman–Crippen LogP) is 2.63. The molecule has 2 N–H and O–H groups in total. The number of hydrogen-bond donors (Lipinski definition) is 1. The van der Waals surface area contributed by atoms with Crippen LogP contribution in [-0.4, -0.2) is 30.6 Å². The second-order valence-corrected chi connectivity index (χ2v) is 5.12.